The number of aliphatic hydroxyl groups excluding tert-OH is 2. The highest BCUT2D eigenvalue weighted by Gasteiger charge is 2.45. The lowest BCUT2D eigenvalue weighted by molar-refractivity contribution is -0.158. The number of para-hydroxylation sites is 1. The molecular formula is C22H27N3O4. The maximum Gasteiger partial charge on any atom is 0.311 e. The molecule has 5 atom stereocenters. The summed E-state index contributed by atoms with van der Waals surface area (Å²) in [4.78, 5) is 17.6. The predicted molar refractivity (Wildman–Crippen MR) is 106 cm³/mol. The molecule has 1 aliphatic carbocycles. The molecule has 1 aliphatic heterocycles. The van der Waals surface area contributed by atoms with Gasteiger partial charge in [0.15, 0.2) is 6.19 Å². The number of nitrogens with one attached hydrogen (secondary N) is 1. The van der Waals surface area contributed by atoms with Crippen molar-refractivity contribution in [1.29, 1.82) is 5.26 Å². The van der Waals surface area contributed by atoms with Gasteiger partial charge in [-0.1, -0.05) is 18.2 Å². The van der Waals surface area contributed by atoms with Crippen LogP contribution in [0.5, 0.6) is 0 Å². The first-order valence-corrected chi connectivity index (χ1v) is 10.2. The number of nitrogens with zero attached hydrogens (tertiary/aromatic N) is 2. The zero-order valence-electron chi connectivity index (χ0n) is 16.5. The number of aliphatic hydroxyl groups is 2. The number of hydrogen-bond donors (Lipinski definition) is 3. The molecule has 1 saturated carbocycles. The normalized spacial score (nSPS) is 30.1. The highest BCUT2D eigenvalue weighted by Crippen LogP contribution is 2.43. The van der Waals surface area contributed by atoms with Crippen molar-refractivity contribution in [2.45, 2.75) is 37.9 Å². The number of benzene rings is 1. The fourth-order valence-corrected chi connectivity index (χ4v) is 5.25. The van der Waals surface area contributed by atoms with E-state index in [0.29, 0.717) is 38.8 Å². The van der Waals surface area contributed by atoms with E-state index < -0.39 is 24.1 Å². The summed E-state index contributed by atoms with van der Waals surface area (Å²) in [5.41, 5.74) is 2.70. The summed E-state index contributed by atoms with van der Waals surface area (Å²) in [7, 11) is 1.33. The summed E-state index contributed by atoms with van der Waals surface area (Å²) in [5, 5.41) is 32.4. The molecule has 2 heterocycles. The second-order valence-corrected chi connectivity index (χ2v) is 8.23. The van der Waals surface area contributed by atoms with Crippen LogP contribution in [-0.2, 0) is 16.0 Å². The van der Waals surface area contributed by atoms with E-state index >= 15 is 0 Å². The summed E-state index contributed by atoms with van der Waals surface area (Å²) >= 11 is 0. The zero-order chi connectivity index (χ0) is 20.5. The van der Waals surface area contributed by atoms with Crippen molar-refractivity contribution in [3.05, 3.63) is 35.5 Å². The average molecular weight is 397 g/mol. The Bertz CT molecular complexity index is 934. The summed E-state index contributed by atoms with van der Waals surface area (Å²) in [6.07, 6.45) is 2.91. The van der Waals surface area contributed by atoms with Crippen molar-refractivity contribution in [3.63, 3.8) is 0 Å². The number of esters is 1. The monoisotopic (exact) mass is 397 g/mol. The first-order chi connectivity index (χ1) is 14.0. The van der Waals surface area contributed by atoms with Crippen LogP contribution in [0.15, 0.2) is 24.3 Å². The van der Waals surface area contributed by atoms with Crippen LogP contribution in [0.1, 0.15) is 36.6 Å². The Morgan fingerprint density at radius 1 is 1.31 bits per heavy atom. The van der Waals surface area contributed by atoms with E-state index in [1.807, 2.05) is 24.3 Å². The van der Waals surface area contributed by atoms with Crippen molar-refractivity contribution in [1.82, 2.24) is 9.88 Å². The van der Waals surface area contributed by atoms with E-state index in [2.05, 4.69) is 11.2 Å². The smallest absolute Gasteiger partial charge is 0.311 e. The molecule has 154 valence electrons. The lowest BCUT2D eigenvalue weighted by Gasteiger charge is -2.42. The third-order valence-corrected chi connectivity index (χ3v) is 6.69. The van der Waals surface area contributed by atoms with Crippen LogP contribution in [0.25, 0.3) is 10.9 Å². The highest BCUT2D eigenvalue weighted by atomic mass is 16.5. The number of rotatable bonds is 1. The van der Waals surface area contributed by atoms with Crippen LogP contribution in [-0.4, -0.2) is 52.4 Å². The van der Waals surface area contributed by atoms with E-state index in [9.17, 15) is 20.3 Å². The van der Waals surface area contributed by atoms with Gasteiger partial charge in [-0.3, -0.25) is 4.79 Å². The lowest BCUT2D eigenvalue weighted by Crippen LogP contribution is -2.47. The van der Waals surface area contributed by atoms with Gasteiger partial charge in [0, 0.05) is 29.7 Å². The maximum atomic E-state index is 12.5. The van der Waals surface area contributed by atoms with Gasteiger partial charge >= 0.3 is 5.97 Å². The highest BCUT2D eigenvalue weighted by molar-refractivity contribution is 5.84. The van der Waals surface area contributed by atoms with Crippen molar-refractivity contribution < 1.29 is 19.7 Å². The number of carbonyl (C=O) groups is 1. The Morgan fingerprint density at radius 3 is 2.86 bits per heavy atom. The van der Waals surface area contributed by atoms with Gasteiger partial charge in [0.25, 0.3) is 0 Å². The van der Waals surface area contributed by atoms with E-state index in [1.165, 1.54) is 7.11 Å². The third kappa shape index (κ3) is 3.59. The van der Waals surface area contributed by atoms with Crippen LogP contribution < -0.4 is 0 Å². The molecule has 0 amide bonds. The summed E-state index contributed by atoms with van der Waals surface area (Å²) in [6.45, 7) is 1.07. The number of H-pyrrole nitrogens is 1. The minimum absolute atomic E-state index is 0.0303. The molecule has 1 aromatic carbocycles. The van der Waals surface area contributed by atoms with Gasteiger partial charge in [0.05, 0.1) is 25.2 Å². The number of aromatic nitrogens is 1. The summed E-state index contributed by atoms with van der Waals surface area (Å²) < 4.78 is 4.98. The topological polar surface area (TPSA) is 110 Å². The number of ether oxygens (including phenoxy) is 1. The fourth-order valence-electron chi connectivity index (χ4n) is 5.25. The molecule has 7 nitrogen and oxygen atoms in total. The first kappa shape index (κ1) is 19.7. The van der Waals surface area contributed by atoms with Crippen LogP contribution in [0.2, 0.25) is 0 Å². The molecule has 2 aromatic rings. The van der Waals surface area contributed by atoms with Crippen molar-refractivity contribution in [2.75, 3.05) is 20.2 Å². The van der Waals surface area contributed by atoms with Crippen LogP contribution in [0.4, 0.5) is 0 Å². The Hall–Kier alpha value is -2.56. The quantitative estimate of drug-likeness (QED) is 0.502. The van der Waals surface area contributed by atoms with Crippen LogP contribution in [0, 0.1) is 29.2 Å². The van der Waals surface area contributed by atoms with Crippen LogP contribution >= 0.6 is 0 Å². The zero-order valence-corrected chi connectivity index (χ0v) is 16.5. The van der Waals surface area contributed by atoms with E-state index in [1.54, 1.807) is 4.90 Å². The largest absolute Gasteiger partial charge is 0.469 e. The fraction of sp³-hybridized carbons (Fsp3) is 0.545. The van der Waals surface area contributed by atoms with Crippen LogP contribution in [0.3, 0.4) is 0 Å². The van der Waals surface area contributed by atoms with Gasteiger partial charge in [-0.25, -0.2) is 0 Å². The molecular weight excluding hydrogens is 370 g/mol. The van der Waals surface area contributed by atoms with E-state index in [-0.39, 0.29) is 11.8 Å². The number of nitriles is 1. The second-order valence-electron chi connectivity index (χ2n) is 8.23. The van der Waals surface area contributed by atoms with Crippen molar-refractivity contribution in [2.24, 2.45) is 17.8 Å². The Labute approximate surface area is 169 Å². The third-order valence-electron chi connectivity index (χ3n) is 6.69. The molecule has 4 rings (SSSR count). The van der Waals surface area contributed by atoms with Gasteiger partial charge in [0.2, 0.25) is 0 Å². The van der Waals surface area contributed by atoms with Gasteiger partial charge < -0.3 is 24.8 Å². The predicted octanol–water partition coefficient (Wildman–Crippen LogP) is 2.11. The van der Waals surface area contributed by atoms with Crippen molar-refractivity contribution in [3.8, 4) is 6.19 Å². The molecule has 29 heavy (non-hydrogen) atoms. The molecule has 0 spiro atoms. The number of aromatic amines is 1. The molecule has 0 bridgehead atoms. The molecule has 1 unspecified atom stereocenters. The SMILES string of the molecule is COC(=O)[C@@H]1[C@H]2CC(O)c3[nH]c4ccccc4c3CCN(C#N)C[C@@H]2CC[C@@H]1O. The molecule has 3 N–H and O–H groups in total. The van der Waals surface area contributed by atoms with E-state index in [4.69, 9.17) is 4.74 Å². The second kappa shape index (κ2) is 8.05. The minimum atomic E-state index is -0.795. The minimum Gasteiger partial charge on any atom is -0.469 e. The van der Waals surface area contributed by atoms with Gasteiger partial charge in [-0.15, -0.1) is 0 Å². The number of hydrogen-bond acceptors (Lipinski definition) is 6. The molecule has 7 heteroatoms. The summed E-state index contributed by atoms with van der Waals surface area (Å²) in [5.74, 6) is -1.38. The molecule has 0 radical (unpaired) electrons. The van der Waals surface area contributed by atoms with Gasteiger partial charge in [-0.05, 0) is 49.1 Å². The molecule has 0 saturated heterocycles. The molecule has 1 fully saturated rings. The average Bonchev–Trinajstić information content (AvgIpc) is 3.10. The standard InChI is InChI=1S/C22H27N3O4/c1-29-22(28)20-16-10-19(27)21-15(14-4-2-3-5-17(14)24-21)8-9-25(12-23)11-13(16)6-7-18(20)26/h2-5,13,16,18-20,24,26-27H,6-11H2,1H3/t13-,16-,18-,19?,20+/m0/s1. The number of carbonyl (C=O) groups excluding carboxylic acids is 1. The number of fused-ring (bicyclic) bond motifs is 4. The van der Waals surface area contributed by atoms with Crippen molar-refractivity contribution >= 4 is 16.9 Å². The Balaban J connectivity index is 1.77. The summed E-state index contributed by atoms with van der Waals surface area (Å²) in [6, 6.07) is 7.90. The first-order valence-electron chi connectivity index (χ1n) is 10.2. The molecule has 1 aromatic heterocycles. The van der Waals surface area contributed by atoms with E-state index in [0.717, 1.165) is 22.2 Å². The van der Waals surface area contributed by atoms with Gasteiger partial charge in [0.1, 0.15) is 0 Å². The lowest BCUT2D eigenvalue weighted by atomic mass is 9.67. The molecule has 2 aliphatic rings. The Morgan fingerprint density at radius 2 is 2.10 bits per heavy atom. The maximum absolute atomic E-state index is 12.5. The van der Waals surface area contributed by atoms with Gasteiger partial charge in [-0.2, -0.15) is 5.26 Å². The number of methoxy groups -OCH3 is 1. The Kier molecular flexibility index (Phi) is 5.48.